The summed E-state index contributed by atoms with van der Waals surface area (Å²) in [5.41, 5.74) is -0.430. The van der Waals surface area contributed by atoms with Gasteiger partial charge in [0, 0.05) is 6.20 Å². The van der Waals surface area contributed by atoms with Crippen molar-refractivity contribution in [3.05, 3.63) is 66.0 Å². The van der Waals surface area contributed by atoms with Gasteiger partial charge in [-0.2, -0.15) is 0 Å². The molecule has 0 saturated heterocycles. The van der Waals surface area contributed by atoms with Crippen molar-refractivity contribution >= 4 is 5.97 Å². The van der Waals surface area contributed by atoms with E-state index in [1.54, 1.807) is 43.5 Å². The van der Waals surface area contributed by atoms with E-state index < -0.39 is 11.6 Å². The van der Waals surface area contributed by atoms with Gasteiger partial charge in [0.15, 0.2) is 0 Å². The summed E-state index contributed by atoms with van der Waals surface area (Å²) in [7, 11) is 0. The Balaban J connectivity index is 2.41. The molecule has 104 valence electrons. The number of hydrogen-bond donors (Lipinski definition) is 1. The summed E-state index contributed by atoms with van der Waals surface area (Å²) in [6.45, 7) is 2.02. The van der Waals surface area contributed by atoms with Crippen LogP contribution in [0.4, 0.5) is 0 Å². The Kier molecular flexibility index (Phi) is 4.48. The minimum absolute atomic E-state index is 0.165. The Labute approximate surface area is 118 Å². The molecule has 0 saturated carbocycles. The topological polar surface area (TPSA) is 59.4 Å². The van der Waals surface area contributed by atoms with Gasteiger partial charge in [0.25, 0.3) is 0 Å². The number of pyridine rings is 1. The summed E-state index contributed by atoms with van der Waals surface area (Å²) >= 11 is 0. The predicted molar refractivity (Wildman–Crippen MR) is 74.9 cm³/mol. The maximum atomic E-state index is 11.8. The summed E-state index contributed by atoms with van der Waals surface area (Å²) in [6, 6.07) is 14.3. The highest BCUT2D eigenvalue weighted by Crippen LogP contribution is 2.31. The maximum absolute atomic E-state index is 11.8. The van der Waals surface area contributed by atoms with Gasteiger partial charge in [0.05, 0.1) is 18.7 Å². The molecule has 2 aromatic rings. The molecule has 2 rings (SSSR count). The lowest BCUT2D eigenvalue weighted by Gasteiger charge is -2.27. The lowest BCUT2D eigenvalue weighted by atomic mass is 9.87. The van der Waals surface area contributed by atoms with E-state index in [4.69, 9.17) is 4.74 Å². The van der Waals surface area contributed by atoms with Crippen LogP contribution in [0.2, 0.25) is 0 Å². The van der Waals surface area contributed by atoms with Crippen LogP contribution in [0.15, 0.2) is 54.7 Å². The molecule has 0 radical (unpaired) electrons. The highest BCUT2D eigenvalue weighted by atomic mass is 16.5. The zero-order valence-electron chi connectivity index (χ0n) is 11.3. The number of aromatic nitrogens is 1. The molecule has 0 aliphatic heterocycles. The molecule has 20 heavy (non-hydrogen) atoms. The first-order chi connectivity index (χ1) is 9.66. The first kappa shape index (κ1) is 14.2. The number of esters is 1. The average molecular weight is 271 g/mol. The fourth-order valence-electron chi connectivity index (χ4n) is 2.08. The van der Waals surface area contributed by atoms with Crippen LogP contribution in [0, 0.1) is 0 Å². The summed E-state index contributed by atoms with van der Waals surface area (Å²) < 4.78 is 4.95. The Morgan fingerprint density at radius 1 is 1.20 bits per heavy atom. The lowest BCUT2D eigenvalue weighted by Crippen LogP contribution is -2.32. The molecule has 0 aliphatic carbocycles. The van der Waals surface area contributed by atoms with E-state index in [1.807, 2.05) is 18.2 Å². The Bertz CT molecular complexity index is 515. The molecule has 1 aromatic carbocycles. The second-order valence-electron chi connectivity index (χ2n) is 4.42. The van der Waals surface area contributed by atoms with E-state index >= 15 is 0 Å². The molecule has 0 bridgehead atoms. The first-order valence-electron chi connectivity index (χ1n) is 6.52. The number of benzene rings is 1. The predicted octanol–water partition coefficient (Wildman–Crippen LogP) is 2.27. The molecule has 0 spiro atoms. The van der Waals surface area contributed by atoms with Crippen molar-refractivity contribution in [2.24, 2.45) is 0 Å². The number of rotatable bonds is 5. The average Bonchev–Trinajstić information content (AvgIpc) is 2.49. The van der Waals surface area contributed by atoms with Crippen LogP contribution < -0.4 is 0 Å². The normalized spacial score (nSPS) is 13.5. The van der Waals surface area contributed by atoms with Crippen molar-refractivity contribution < 1.29 is 14.6 Å². The second kappa shape index (κ2) is 6.30. The second-order valence-corrected chi connectivity index (χ2v) is 4.42. The molecular formula is C16H17NO3. The van der Waals surface area contributed by atoms with Crippen molar-refractivity contribution in [2.45, 2.75) is 18.9 Å². The number of nitrogens with zero attached hydrogens (tertiary/aromatic N) is 1. The van der Waals surface area contributed by atoms with E-state index in [0.29, 0.717) is 11.3 Å². The van der Waals surface area contributed by atoms with Crippen molar-refractivity contribution in [3.8, 4) is 0 Å². The van der Waals surface area contributed by atoms with Gasteiger partial charge in [0.2, 0.25) is 0 Å². The Morgan fingerprint density at radius 2 is 1.90 bits per heavy atom. The van der Waals surface area contributed by atoms with Gasteiger partial charge < -0.3 is 9.84 Å². The van der Waals surface area contributed by atoms with Gasteiger partial charge in [-0.15, -0.1) is 0 Å². The van der Waals surface area contributed by atoms with Gasteiger partial charge in [-0.3, -0.25) is 9.78 Å². The van der Waals surface area contributed by atoms with Crippen LogP contribution in [0.1, 0.15) is 24.6 Å². The maximum Gasteiger partial charge on any atom is 0.309 e. The van der Waals surface area contributed by atoms with E-state index in [2.05, 4.69) is 4.98 Å². The number of hydrogen-bond acceptors (Lipinski definition) is 4. The summed E-state index contributed by atoms with van der Waals surface area (Å²) in [4.78, 5) is 16.0. The van der Waals surface area contributed by atoms with Crippen LogP contribution in [0.5, 0.6) is 0 Å². The SMILES string of the molecule is CCOC(=O)C[C@](O)(c1ccccc1)c1ccccn1. The van der Waals surface area contributed by atoms with Gasteiger partial charge in [-0.1, -0.05) is 36.4 Å². The molecule has 0 aliphatic rings. The molecule has 4 nitrogen and oxygen atoms in total. The monoisotopic (exact) mass is 271 g/mol. The molecular weight excluding hydrogens is 254 g/mol. The van der Waals surface area contributed by atoms with Crippen molar-refractivity contribution in [1.29, 1.82) is 0 Å². The molecule has 0 amide bonds. The van der Waals surface area contributed by atoms with Crippen molar-refractivity contribution in [1.82, 2.24) is 4.98 Å². The molecule has 0 unspecified atom stereocenters. The molecule has 1 heterocycles. The van der Waals surface area contributed by atoms with Crippen LogP contribution in [-0.2, 0) is 15.1 Å². The van der Waals surface area contributed by atoms with Gasteiger partial charge in [-0.05, 0) is 24.6 Å². The van der Waals surface area contributed by atoms with Crippen LogP contribution in [0.25, 0.3) is 0 Å². The summed E-state index contributed by atoms with van der Waals surface area (Å²) in [5.74, 6) is -0.454. The zero-order chi connectivity index (χ0) is 14.4. The largest absolute Gasteiger partial charge is 0.466 e. The van der Waals surface area contributed by atoms with Gasteiger partial charge >= 0.3 is 5.97 Å². The standard InChI is InChI=1S/C16H17NO3/c1-2-20-15(18)12-16(19,13-8-4-3-5-9-13)14-10-6-7-11-17-14/h3-11,19H,2,12H2,1H3/t16-/m0/s1. The van der Waals surface area contributed by atoms with E-state index in [9.17, 15) is 9.90 Å². The van der Waals surface area contributed by atoms with Crippen LogP contribution >= 0.6 is 0 Å². The number of aliphatic hydroxyl groups is 1. The number of carbonyl (C=O) groups excluding carboxylic acids is 1. The van der Waals surface area contributed by atoms with E-state index in [-0.39, 0.29) is 13.0 Å². The van der Waals surface area contributed by atoms with E-state index in [1.165, 1.54) is 0 Å². The Morgan fingerprint density at radius 3 is 2.50 bits per heavy atom. The third-order valence-electron chi connectivity index (χ3n) is 3.05. The molecule has 1 aromatic heterocycles. The third-order valence-corrected chi connectivity index (χ3v) is 3.05. The lowest BCUT2D eigenvalue weighted by molar-refractivity contribution is -0.147. The molecule has 4 heteroatoms. The van der Waals surface area contributed by atoms with Gasteiger partial charge in [-0.25, -0.2) is 0 Å². The van der Waals surface area contributed by atoms with E-state index in [0.717, 1.165) is 0 Å². The van der Waals surface area contributed by atoms with Gasteiger partial charge in [0.1, 0.15) is 5.60 Å². The fraction of sp³-hybridized carbons (Fsp3) is 0.250. The highest BCUT2D eigenvalue weighted by Gasteiger charge is 2.36. The van der Waals surface area contributed by atoms with Crippen molar-refractivity contribution in [2.75, 3.05) is 6.61 Å². The summed E-state index contributed by atoms with van der Waals surface area (Å²) in [6.07, 6.45) is 1.43. The molecule has 1 N–H and O–H groups in total. The quantitative estimate of drug-likeness (QED) is 0.847. The third kappa shape index (κ3) is 3.03. The zero-order valence-corrected chi connectivity index (χ0v) is 11.3. The smallest absolute Gasteiger partial charge is 0.309 e. The van der Waals surface area contributed by atoms with Crippen molar-refractivity contribution in [3.63, 3.8) is 0 Å². The first-order valence-corrected chi connectivity index (χ1v) is 6.52. The fourth-order valence-corrected chi connectivity index (χ4v) is 2.08. The number of carbonyl (C=O) groups is 1. The summed E-state index contributed by atoms with van der Waals surface area (Å²) in [5, 5.41) is 11.0. The minimum Gasteiger partial charge on any atom is -0.466 e. The van der Waals surface area contributed by atoms with Crippen LogP contribution in [0.3, 0.4) is 0 Å². The number of ether oxygens (including phenoxy) is 1. The molecule has 1 atom stereocenters. The van der Waals surface area contributed by atoms with Crippen LogP contribution in [-0.4, -0.2) is 22.7 Å². The minimum atomic E-state index is -1.48. The Hall–Kier alpha value is -2.20. The highest BCUT2D eigenvalue weighted by molar-refractivity contribution is 5.72. The molecule has 0 fully saturated rings.